The third-order valence-electron chi connectivity index (χ3n) is 2.36. The number of carbonyl (C=O) groups excluding carboxylic acids is 1. The molecule has 2 aromatic rings. The molecule has 0 aromatic carbocycles. The number of amides is 1. The molecule has 0 aliphatic heterocycles. The van der Waals surface area contributed by atoms with E-state index >= 15 is 0 Å². The van der Waals surface area contributed by atoms with Crippen molar-refractivity contribution >= 4 is 5.91 Å². The maximum absolute atomic E-state index is 12.0. The molecular weight excluding hydrogens is 242 g/mol. The first-order valence-corrected chi connectivity index (χ1v) is 5.71. The smallest absolute Gasteiger partial charge is 0.271 e. The van der Waals surface area contributed by atoms with Crippen molar-refractivity contribution in [3.05, 3.63) is 47.5 Å². The third kappa shape index (κ3) is 3.40. The molecule has 2 rings (SSSR count). The number of pyridine rings is 1. The van der Waals surface area contributed by atoms with Crippen LogP contribution in [0.4, 0.5) is 0 Å². The number of rotatable bonds is 3. The van der Waals surface area contributed by atoms with Crippen molar-refractivity contribution in [2.75, 3.05) is 6.54 Å². The van der Waals surface area contributed by atoms with Crippen LogP contribution in [0, 0.1) is 11.8 Å². The van der Waals surface area contributed by atoms with Gasteiger partial charge in [-0.15, -0.1) is 0 Å². The van der Waals surface area contributed by atoms with E-state index in [0.717, 1.165) is 5.56 Å². The molecule has 0 aliphatic carbocycles. The molecule has 2 heterocycles. The summed E-state index contributed by atoms with van der Waals surface area (Å²) in [5.74, 6) is 5.27. The second-order valence-corrected chi connectivity index (χ2v) is 3.69. The highest BCUT2D eigenvalue weighted by Gasteiger charge is 2.11. The van der Waals surface area contributed by atoms with Gasteiger partial charge in [0.15, 0.2) is 0 Å². The second kappa shape index (κ2) is 6.33. The maximum Gasteiger partial charge on any atom is 0.271 e. The van der Waals surface area contributed by atoms with Gasteiger partial charge in [-0.25, -0.2) is 4.98 Å². The van der Waals surface area contributed by atoms with E-state index in [1.54, 1.807) is 30.7 Å². The van der Waals surface area contributed by atoms with Gasteiger partial charge in [-0.1, -0.05) is 11.8 Å². The molecule has 6 heteroatoms. The molecule has 0 fully saturated rings. The van der Waals surface area contributed by atoms with Crippen molar-refractivity contribution in [1.82, 2.24) is 20.5 Å². The molecule has 0 unspecified atom stereocenters. The summed E-state index contributed by atoms with van der Waals surface area (Å²) in [5.41, 5.74) is 7.07. The summed E-state index contributed by atoms with van der Waals surface area (Å²) in [6.45, 7) is 0.626. The molecule has 0 radical (unpaired) electrons. The number of nitrogens with zero attached hydrogens (tertiary/aromatic N) is 2. The van der Waals surface area contributed by atoms with Crippen LogP contribution < -0.4 is 11.1 Å². The van der Waals surface area contributed by atoms with E-state index < -0.39 is 0 Å². The lowest BCUT2D eigenvalue weighted by Crippen LogP contribution is -2.24. The number of hydrogen-bond acceptors (Lipinski definition) is 4. The van der Waals surface area contributed by atoms with E-state index in [9.17, 15) is 4.79 Å². The molecule has 0 atom stereocenters. The van der Waals surface area contributed by atoms with Gasteiger partial charge in [0.2, 0.25) is 0 Å². The minimum atomic E-state index is -0.275. The number of carbonyl (C=O) groups is 1. The summed E-state index contributed by atoms with van der Waals surface area (Å²) in [7, 11) is 0. The van der Waals surface area contributed by atoms with Crippen LogP contribution >= 0.6 is 0 Å². The molecule has 19 heavy (non-hydrogen) atoms. The van der Waals surface area contributed by atoms with E-state index in [1.807, 2.05) is 0 Å². The normalized spacial score (nSPS) is 9.53. The summed E-state index contributed by atoms with van der Waals surface area (Å²) < 4.78 is 0. The van der Waals surface area contributed by atoms with Crippen molar-refractivity contribution in [2.24, 2.45) is 5.73 Å². The number of nitrogens with one attached hydrogen (secondary N) is 2. The Bertz CT molecular complexity index is 609. The van der Waals surface area contributed by atoms with Gasteiger partial charge in [0.05, 0.1) is 18.3 Å². The fourth-order valence-electron chi connectivity index (χ4n) is 1.47. The molecular formula is C13H13N5O. The highest BCUT2D eigenvalue weighted by molar-refractivity contribution is 5.94. The lowest BCUT2D eigenvalue weighted by atomic mass is 10.2. The van der Waals surface area contributed by atoms with Gasteiger partial charge in [-0.3, -0.25) is 9.89 Å². The van der Waals surface area contributed by atoms with Crippen LogP contribution in [0.3, 0.4) is 0 Å². The van der Waals surface area contributed by atoms with Gasteiger partial charge in [0.25, 0.3) is 5.91 Å². The van der Waals surface area contributed by atoms with Crippen LogP contribution in [0.1, 0.15) is 21.6 Å². The fourth-order valence-corrected chi connectivity index (χ4v) is 1.47. The summed E-state index contributed by atoms with van der Waals surface area (Å²) in [6, 6.07) is 3.47. The minimum Gasteiger partial charge on any atom is -0.346 e. The van der Waals surface area contributed by atoms with Crippen molar-refractivity contribution in [1.29, 1.82) is 0 Å². The molecule has 0 saturated heterocycles. The van der Waals surface area contributed by atoms with Gasteiger partial charge in [0.1, 0.15) is 5.69 Å². The van der Waals surface area contributed by atoms with Crippen LogP contribution in [-0.4, -0.2) is 27.6 Å². The quantitative estimate of drug-likeness (QED) is 0.675. The monoisotopic (exact) mass is 255 g/mol. The zero-order valence-electron chi connectivity index (χ0n) is 10.2. The second-order valence-electron chi connectivity index (χ2n) is 3.69. The molecule has 0 spiro atoms. The van der Waals surface area contributed by atoms with E-state index in [4.69, 9.17) is 5.73 Å². The Balaban J connectivity index is 2.10. The molecule has 4 N–H and O–H groups in total. The fraction of sp³-hybridized carbons (Fsp3) is 0.154. The highest BCUT2D eigenvalue weighted by atomic mass is 16.1. The Kier molecular flexibility index (Phi) is 4.26. The van der Waals surface area contributed by atoms with Crippen molar-refractivity contribution in [3.8, 4) is 11.8 Å². The van der Waals surface area contributed by atoms with Gasteiger partial charge in [0, 0.05) is 24.5 Å². The number of H-pyrrole nitrogens is 1. The van der Waals surface area contributed by atoms with E-state index in [0.29, 0.717) is 17.8 Å². The topological polar surface area (TPSA) is 96.7 Å². The zero-order chi connectivity index (χ0) is 13.5. The minimum absolute atomic E-state index is 0.241. The summed E-state index contributed by atoms with van der Waals surface area (Å²) in [5, 5.41) is 9.24. The Morgan fingerprint density at radius 1 is 1.53 bits per heavy atom. The first-order valence-electron chi connectivity index (χ1n) is 5.71. The highest BCUT2D eigenvalue weighted by Crippen LogP contribution is 2.04. The Hall–Kier alpha value is -2.65. The number of aromatic nitrogens is 3. The third-order valence-corrected chi connectivity index (χ3v) is 2.36. The van der Waals surface area contributed by atoms with Crippen molar-refractivity contribution in [2.45, 2.75) is 6.54 Å². The molecule has 0 saturated carbocycles. The van der Waals surface area contributed by atoms with Crippen LogP contribution in [0.5, 0.6) is 0 Å². The van der Waals surface area contributed by atoms with Gasteiger partial charge < -0.3 is 11.1 Å². The first kappa shape index (κ1) is 12.8. The van der Waals surface area contributed by atoms with Crippen LogP contribution in [0.2, 0.25) is 0 Å². The molecule has 0 bridgehead atoms. The average molecular weight is 255 g/mol. The number of aromatic amines is 1. The largest absolute Gasteiger partial charge is 0.346 e. The van der Waals surface area contributed by atoms with E-state index in [-0.39, 0.29) is 12.5 Å². The molecule has 2 aromatic heterocycles. The Labute approximate surface area is 110 Å². The first-order chi connectivity index (χ1) is 9.31. The standard InChI is InChI=1S/C13H13N5O/c14-5-1-3-11-4-2-6-15-12(11)13(19)16-7-10-8-17-18-9-10/h2,4,6,8-9H,5,7,14H2,(H,16,19)(H,17,18). The molecule has 1 amide bonds. The predicted octanol–water partition coefficient (Wildman–Crippen LogP) is 0.0449. The lowest BCUT2D eigenvalue weighted by Gasteiger charge is -2.04. The zero-order valence-corrected chi connectivity index (χ0v) is 10.2. The maximum atomic E-state index is 12.0. The lowest BCUT2D eigenvalue weighted by molar-refractivity contribution is 0.0945. The Morgan fingerprint density at radius 2 is 2.42 bits per heavy atom. The van der Waals surface area contributed by atoms with E-state index in [2.05, 4.69) is 32.3 Å². The van der Waals surface area contributed by atoms with Crippen molar-refractivity contribution in [3.63, 3.8) is 0 Å². The summed E-state index contributed by atoms with van der Waals surface area (Å²) in [4.78, 5) is 16.1. The van der Waals surface area contributed by atoms with Crippen LogP contribution in [0.25, 0.3) is 0 Å². The van der Waals surface area contributed by atoms with Gasteiger partial charge in [-0.2, -0.15) is 5.10 Å². The summed E-state index contributed by atoms with van der Waals surface area (Å²) >= 11 is 0. The van der Waals surface area contributed by atoms with Crippen LogP contribution in [-0.2, 0) is 6.54 Å². The Morgan fingerprint density at radius 3 is 3.16 bits per heavy atom. The van der Waals surface area contributed by atoms with Gasteiger partial charge >= 0.3 is 0 Å². The molecule has 0 aliphatic rings. The predicted molar refractivity (Wildman–Crippen MR) is 69.9 cm³/mol. The SMILES string of the molecule is NCC#Cc1cccnc1C(=O)NCc1cn[nH]c1. The van der Waals surface area contributed by atoms with Crippen molar-refractivity contribution < 1.29 is 4.79 Å². The van der Waals surface area contributed by atoms with E-state index in [1.165, 1.54) is 0 Å². The van der Waals surface area contributed by atoms with Gasteiger partial charge in [-0.05, 0) is 12.1 Å². The number of hydrogen-bond donors (Lipinski definition) is 3. The van der Waals surface area contributed by atoms with Crippen LogP contribution in [0.15, 0.2) is 30.7 Å². The number of nitrogens with two attached hydrogens (primary N) is 1. The molecule has 96 valence electrons. The summed E-state index contributed by atoms with van der Waals surface area (Å²) in [6.07, 6.45) is 4.92. The average Bonchev–Trinajstić information content (AvgIpc) is 2.96. The molecule has 6 nitrogen and oxygen atoms in total.